The van der Waals surface area contributed by atoms with Crippen molar-refractivity contribution < 1.29 is 48.3 Å². The zero-order chi connectivity index (χ0) is 31.4. The molecule has 11 heteroatoms. The van der Waals surface area contributed by atoms with Gasteiger partial charge >= 0.3 is 29.9 Å². The van der Waals surface area contributed by atoms with Gasteiger partial charge in [0.1, 0.15) is 0 Å². The lowest BCUT2D eigenvalue weighted by Crippen LogP contribution is -2.65. The predicted octanol–water partition coefficient (Wildman–Crippen LogP) is 11.9. The molecular weight excluding hydrogens is 581 g/mol. The molecule has 0 N–H and O–H groups in total. The van der Waals surface area contributed by atoms with Crippen LogP contribution in [0.4, 0.5) is 48.3 Å². The van der Waals surface area contributed by atoms with Gasteiger partial charge in [-0.2, -0.15) is 48.3 Å². The molecule has 42 heavy (non-hydrogen) atoms. The molecule has 0 aliphatic heterocycles. The summed E-state index contributed by atoms with van der Waals surface area (Å²) in [5.74, 6) is -26.8. The van der Waals surface area contributed by atoms with Gasteiger partial charge in [-0.05, 0) is 54.2 Å². The molecule has 236 valence electrons. The summed E-state index contributed by atoms with van der Waals surface area (Å²) < 4.78 is 147. The fourth-order valence-corrected chi connectivity index (χ4v) is 5.57. The number of halogens is 11. The Morgan fingerprint density at radius 3 is 1.52 bits per heavy atom. The third-order valence-electron chi connectivity index (χ3n) is 8.31. The molecule has 0 radical (unpaired) electrons. The maximum atomic E-state index is 14.4. The lowest BCUT2D eigenvalue weighted by molar-refractivity contribution is -0.424. The highest BCUT2D eigenvalue weighted by molar-refractivity contribution is 5.64. The van der Waals surface area contributed by atoms with Gasteiger partial charge in [0.15, 0.2) is 0 Å². The standard InChI is InChI=1S/C31H35F11/c1-2-3-4-5-6-7-8-21-9-11-22(12-10-21)23-13-15-24(16-14-23)25-17-19-26(20-18-25)27(32,33)28(34,35)29(36,37)30(38,39)31(40,41)42/h13-22H,2-12H2,1H3. The maximum Gasteiger partial charge on any atom is 0.460 e. The molecule has 0 aromatic heterocycles. The van der Waals surface area contributed by atoms with Crippen molar-refractivity contribution in [2.45, 2.75) is 113 Å². The highest BCUT2D eigenvalue weighted by Crippen LogP contribution is 2.59. The van der Waals surface area contributed by atoms with E-state index in [2.05, 4.69) is 6.92 Å². The van der Waals surface area contributed by atoms with Crippen LogP contribution in [0.25, 0.3) is 11.1 Å². The minimum Gasteiger partial charge on any atom is -0.194 e. The molecule has 0 spiro atoms. The van der Waals surface area contributed by atoms with Gasteiger partial charge < -0.3 is 0 Å². The van der Waals surface area contributed by atoms with Gasteiger partial charge in [0.25, 0.3) is 0 Å². The molecular formula is C31H35F11. The van der Waals surface area contributed by atoms with E-state index in [1.165, 1.54) is 44.9 Å². The molecule has 2 aromatic rings. The minimum absolute atomic E-state index is 0.236. The molecule has 1 aliphatic rings. The minimum atomic E-state index is -7.43. The van der Waals surface area contributed by atoms with Crippen LogP contribution in [0.2, 0.25) is 0 Å². The third-order valence-corrected chi connectivity index (χ3v) is 8.31. The van der Waals surface area contributed by atoms with Crippen molar-refractivity contribution in [3.05, 3.63) is 59.7 Å². The fraction of sp³-hybridized carbons (Fsp3) is 0.613. The molecule has 0 amide bonds. The lowest BCUT2D eigenvalue weighted by atomic mass is 9.77. The summed E-state index contributed by atoms with van der Waals surface area (Å²) >= 11 is 0. The van der Waals surface area contributed by atoms with Gasteiger partial charge in [-0.15, -0.1) is 0 Å². The van der Waals surface area contributed by atoms with Crippen molar-refractivity contribution >= 4 is 0 Å². The molecule has 0 saturated heterocycles. The van der Waals surface area contributed by atoms with Gasteiger partial charge in [0, 0.05) is 5.56 Å². The van der Waals surface area contributed by atoms with E-state index in [0.29, 0.717) is 23.6 Å². The predicted molar refractivity (Wildman–Crippen MR) is 139 cm³/mol. The molecule has 0 bridgehead atoms. The van der Waals surface area contributed by atoms with E-state index in [9.17, 15) is 48.3 Å². The van der Waals surface area contributed by atoms with Crippen LogP contribution < -0.4 is 0 Å². The average Bonchev–Trinajstić information content (AvgIpc) is 2.94. The van der Waals surface area contributed by atoms with Crippen molar-refractivity contribution in [1.29, 1.82) is 0 Å². The van der Waals surface area contributed by atoms with E-state index < -0.39 is 35.4 Å². The Bertz CT molecular complexity index is 1110. The van der Waals surface area contributed by atoms with Gasteiger partial charge in [0.2, 0.25) is 0 Å². The molecule has 2 aromatic carbocycles. The first kappa shape index (κ1) is 34.2. The van der Waals surface area contributed by atoms with Gasteiger partial charge in [-0.1, -0.05) is 100 Å². The first-order chi connectivity index (χ1) is 19.5. The normalized spacial score (nSPS) is 19.2. The maximum absolute atomic E-state index is 14.4. The summed E-state index contributed by atoms with van der Waals surface area (Å²) in [5.41, 5.74) is -0.0128. The van der Waals surface area contributed by atoms with E-state index in [1.807, 2.05) is 12.1 Å². The van der Waals surface area contributed by atoms with Crippen molar-refractivity contribution in [1.82, 2.24) is 0 Å². The van der Waals surface area contributed by atoms with Crippen LogP contribution in [0.1, 0.15) is 94.6 Å². The Hall–Kier alpha value is -2.33. The average molecular weight is 617 g/mol. The topological polar surface area (TPSA) is 0 Å². The molecule has 0 unspecified atom stereocenters. The van der Waals surface area contributed by atoms with E-state index in [1.54, 1.807) is 12.1 Å². The summed E-state index contributed by atoms with van der Waals surface area (Å²) in [7, 11) is 0. The van der Waals surface area contributed by atoms with Gasteiger partial charge in [-0.3, -0.25) is 0 Å². The second-order valence-electron chi connectivity index (χ2n) is 11.3. The largest absolute Gasteiger partial charge is 0.460 e. The summed E-state index contributed by atoms with van der Waals surface area (Å²) in [6, 6.07) is 9.52. The number of hydrogen-bond donors (Lipinski definition) is 0. The number of hydrogen-bond acceptors (Lipinski definition) is 0. The summed E-state index contributed by atoms with van der Waals surface area (Å²) in [6.45, 7) is 2.19. The third kappa shape index (κ3) is 6.90. The molecule has 0 nitrogen and oxygen atoms in total. The molecule has 1 aliphatic carbocycles. The van der Waals surface area contributed by atoms with E-state index in [-0.39, 0.29) is 5.56 Å². The Morgan fingerprint density at radius 1 is 0.548 bits per heavy atom. The van der Waals surface area contributed by atoms with Gasteiger partial charge in [-0.25, -0.2) is 0 Å². The zero-order valence-electron chi connectivity index (χ0n) is 23.2. The Kier molecular flexibility index (Phi) is 10.7. The second-order valence-corrected chi connectivity index (χ2v) is 11.3. The van der Waals surface area contributed by atoms with Crippen LogP contribution in [0, 0.1) is 5.92 Å². The van der Waals surface area contributed by atoms with Crippen molar-refractivity contribution in [3.63, 3.8) is 0 Å². The number of rotatable bonds is 13. The molecule has 3 rings (SSSR count). The molecule has 0 atom stereocenters. The van der Waals surface area contributed by atoms with Crippen LogP contribution >= 0.6 is 0 Å². The fourth-order valence-electron chi connectivity index (χ4n) is 5.57. The highest BCUT2D eigenvalue weighted by atomic mass is 19.4. The summed E-state index contributed by atoms with van der Waals surface area (Å²) in [4.78, 5) is 0. The SMILES string of the molecule is CCCCCCCCC1CCC(c2ccc(-c3ccc(C(F)(F)C(F)(F)C(F)(F)C(F)(F)C(F)(F)F)cc3)cc2)CC1. The van der Waals surface area contributed by atoms with Gasteiger partial charge in [0.05, 0.1) is 0 Å². The first-order valence-electron chi connectivity index (χ1n) is 14.3. The number of unbranched alkanes of at least 4 members (excludes halogenated alkanes) is 5. The molecule has 1 fully saturated rings. The monoisotopic (exact) mass is 616 g/mol. The van der Waals surface area contributed by atoms with Crippen LogP contribution in [-0.4, -0.2) is 23.9 Å². The number of alkyl halides is 11. The first-order valence-corrected chi connectivity index (χ1v) is 14.3. The van der Waals surface area contributed by atoms with Crippen molar-refractivity contribution in [3.8, 4) is 11.1 Å². The lowest BCUT2D eigenvalue weighted by Gasteiger charge is -2.37. The molecule has 0 heterocycles. The van der Waals surface area contributed by atoms with Crippen molar-refractivity contribution in [2.24, 2.45) is 5.92 Å². The van der Waals surface area contributed by atoms with Crippen LogP contribution in [0.3, 0.4) is 0 Å². The Balaban J connectivity index is 1.63. The van der Waals surface area contributed by atoms with E-state index in [0.717, 1.165) is 49.3 Å². The van der Waals surface area contributed by atoms with Crippen molar-refractivity contribution in [2.75, 3.05) is 0 Å². The van der Waals surface area contributed by atoms with Crippen LogP contribution in [0.15, 0.2) is 48.5 Å². The summed E-state index contributed by atoms with van der Waals surface area (Å²) in [5, 5.41) is 0. The van der Waals surface area contributed by atoms with Crippen LogP contribution in [0.5, 0.6) is 0 Å². The summed E-state index contributed by atoms with van der Waals surface area (Å²) in [6.07, 6.45) is 5.99. The quantitative estimate of drug-likeness (QED) is 0.155. The Labute approximate surface area is 238 Å². The van der Waals surface area contributed by atoms with Crippen LogP contribution in [-0.2, 0) is 5.92 Å². The highest BCUT2D eigenvalue weighted by Gasteiger charge is 2.87. The second kappa shape index (κ2) is 13.1. The zero-order valence-corrected chi connectivity index (χ0v) is 23.2. The number of benzene rings is 2. The Morgan fingerprint density at radius 2 is 1.02 bits per heavy atom. The smallest absolute Gasteiger partial charge is 0.194 e. The van der Waals surface area contributed by atoms with E-state index in [4.69, 9.17) is 0 Å². The van der Waals surface area contributed by atoms with E-state index >= 15 is 0 Å². The molecule has 1 saturated carbocycles.